The molecule has 1 saturated heterocycles. The number of sulfonamides is 1. The number of nitrogens with zero attached hydrogens (tertiary/aromatic N) is 3. The topological polar surface area (TPSA) is 71.7 Å². The molecule has 1 atom stereocenters. The van der Waals surface area contributed by atoms with E-state index in [-0.39, 0.29) is 4.21 Å². The Kier molecular flexibility index (Phi) is 6.26. The molecular formula is C20H20ClN3O3S3. The maximum Gasteiger partial charge on any atom is 0.266 e. The molecule has 3 aromatic rings. The zero-order valence-corrected chi connectivity index (χ0v) is 19.2. The van der Waals surface area contributed by atoms with Gasteiger partial charge in [-0.15, -0.1) is 17.9 Å². The summed E-state index contributed by atoms with van der Waals surface area (Å²) in [5, 5.41) is 2.33. The fourth-order valence-electron chi connectivity index (χ4n) is 3.57. The van der Waals surface area contributed by atoms with Gasteiger partial charge in [0, 0.05) is 18.1 Å². The molecule has 0 radical (unpaired) electrons. The number of halogens is 1. The minimum absolute atomic E-state index is 0.250. The Morgan fingerprint density at radius 2 is 2.17 bits per heavy atom. The van der Waals surface area contributed by atoms with Gasteiger partial charge in [0.05, 0.1) is 10.2 Å². The number of thiazole rings is 1. The van der Waals surface area contributed by atoms with Gasteiger partial charge in [-0.3, -0.25) is 4.79 Å². The summed E-state index contributed by atoms with van der Waals surface area (Å²) in [6.07, 6.45) is 3.72. The average molecular weight is 482 g/mol. The van der Waals surface area contributed by atoms with Crippen LogP contribution in [0.3, 0.4) is 0 Å². The molecule has 2 aromatic heterocycles. The summed E-state index contributed by atoms with van der Waals surface area (Å²) in [4.78, 5) is 18.0. The van der Waals surface area contributed by atoms with Gasteiger partial charge in [-0.2, -0.15) is 9.30 Å². The predicted molar refractivity (Wildman–Crippen MR) is 121 cm³/mol. The smallest absolute Gasteiger partial charge is 0.266 e. The van der Waals surface area contributed by atoms with Gasteiger partial charge in [-0.1, -0.05) is 41.5 Å². The van der Waals surface area contributed by atoms with Crippen LogP contribution in [0.25, 0.3) is 10.2 Å². The normalized spacial score (nSPS) is 18.7. The molecule has 6 nitrogen and oxygen atoms in total. The molecule has 10 heteroatoms. The summed E-state index contributed by atoms with van der Waals surface area (Å²) in [6.45, 7) is 4.59. The molecule has 0 aliphatic carbocycles. The maximum absolute atomic E-state index is 13.2. The van der Waals surface area contributed by atoms with E-state index in [1.54, 1.807) is 29.7 Å². The van der Waals surface area contributed by atoms with Crippen molar-refractivity contribution in [2.24, 2.45) is 4.99 Å². The van der Waals surface area contributed by atoms with Gasteiger partial charge in [0.2, 0.25) is 0 Å². The molecule has 0 bridgehead atoms. The first-order chi connectivity index (χ1) is 14.4. The molecule has 0 N–H and O–H groups in total. The molecule has 1 aromatic carbocycles. The second-order valence-electron chi connectivity index (χ2n) is 6.91. The Morgan fingerprint density at radius 1 is 1.33 bits per heavy atom. The first-order valence-corrected chi connectivity index (χ1v) is 13.0. The quantitative estimate of drug-likeness (QED) is 0.511. The third kappa shape index (κ3) is 4.04. The summed E-state index contributed by atoms with van der Waals surface area (Å²) in [7, 11) is -3.72. The van der Waals surface area contributed by atoms with E-state index >= 15 is 0 Å². The Labute approximate surface area is 187 Å². The van der Waals surface area contributed by atoms with Crippen LogP contribution in [-0.4, -0.2) is 35.8 Å². The number of fused-ring (bicyclic) bond motifs is 1. The molecule has 1 unspecified atom stereocenters. The number of allylic oxidation sites excluding steroid dienone is 1. The largest absolute Gasteiger partial charge is 0.313 e. The minimum atomic E-state index is -3.72. The number of carbonyl (C=O) groups excluding carboxylic acids is 1. The highest BCUT2D eigenvalue weighted by Gasteiger charge is 2.38. The Morgan fingerprint density at radius 3 is 2.90 bits per heavy atom. The summed E-state index contributed by atoms with van der Waals surface area (Å²) in [5.74, 6) is -0.440. The van der Waals surface area contributed by atoms with Crippen molar-refractivity contribution in [3.8, 4) is 0 Å². The second-order valence-corrected chi connectivity index (χ2v) is 11.4. The van der Waals surface area contributed by atoms with Gasteiger partial charge >= 0.3 is 0 Å². The predicted octanol–water partition coefficient (Wildman–Crippen LogP) is 4.27. The van der Waals surface area contributed by atoms with Crippen LogP contribution in [0.2, 0.25) is 5.02 Å². The SMILES string of the molecule is C=CCn1c(=NC(=O)C2CCCCN2S(=O)(=O)c2cccs2)sc2cc(Cl)ccc21. The molecule has 1 aliphatic heterocycles. The van der Waals surface area contributed by atoms with Crippen LogP contribution in [0.5, 0.6) is 0 Å². The molecule has 4 rings (SSSR count). The van der Waals surface area contributed by atoms with E-state index in [2.05, 4.69) is 11.6 Å². The molecule has 158 valence electrons. The summed E-state index contributed by atoms with van der Waals surface area (Å²) < 4.78 is 30.5. The molecule has 1 fully saturated rings. The molecule has 0 spiro atoms. The monoisotopic (exact) mass is 481 g/mol. The highest BCUT2D eigenvalue weighted by Crippen LogP contribution is 2.28. The third-order valence-corrected chi connectivity index (χ3v) is 9.52. The molecular weight excluding hydrogens is 462 g/mol. The van der Waals surface area contributed by atoms with E-state index in [1.807, 2.05) is 16.7 Å². The van der Waals surface area contributed by atoms with Crippen molar-refractivity contribution in [1.29, 1.82) is 0 Å². The number of hydrogen-bond acceptors (Lipinski definition) is 5. The van der Waals surface area contributed by atoms with Gasteiger partial charge in [-0.05, 0) is 42.5 Å². The van der Waals surface area contributed by atoms with Crippen molar-refractivity contribution in [1.82, 2.24) is 8.87 Å². The van der Waals surface area contributed by atoms with Crippen LogP contribution < -0.4 is 4.80 Å². The van der Waals surface area contributed by atoms with Crippen molar-refractivity contribution in [3.63, 3.8) is 0 Å². The third-order valence-electron chi connectivity index (χ3n) is 4.96. The standard InChI is InChI=1S/C20H20ClN3O3S3/c1-2-10-23-15-9-8-14(21)13-17(15)29-20(23)22-19(25)16-6-3-4-11-24(16)30(26,27)18-7-5-12-28-18/h2,5,7-9,12-13,16H,1,3-4,6,10-11H2. The van der Waals surface area contributed by atoms with Crippen molar-refractivity contribution in [2.45, 2.75) is 36.1 Å². The van der Waals surface area contributed by atoms with Crippen LogP contribution in [0.1, 0.15) is 19.3 Å². The van der Waals surface area contributed by atoms with E-state index in [0.29, 0.717) is 29.3 Å². The number of carbonyl (C=O) groups is 1. The molecule has 3 heterocycles. The lowest BCUT2D eigenvalue weighted by Crippen LogP contribution is -2.47. The fraction of sp³-hybridized carbons (Fsp3) is 0.300. The van der Waals surface area contributed by atoms with Gasteiger partial charge in [0.15, 0.2) is 4.80 Å². The second kappa shape index (κ2) is 8.76. The van der Waals surface area contributed by atoms with Crippen molar-refractivity contribution >= 4 is 60.4 Å². The minimum Gasteiger partial charge on any atom is -0.313 e. The van der Waals surface area contributed by atoms with E-state index in [4.69, 9.17) is 11.6 Å². The van der Waals surface area contributed by atoms with E-state index in [0.717, 1.165) is 34.4 Å². The lowest BCUT2D eigenvalue weighted by molar-refractivity contribution is -0.122. The summed E-state index contributed by atoms with van der Waals surface area (Å²) in [6, 6.07) is 7.98. The number of thiophene rings is 1. The number of rotatable bonds is 5. The Balaban J connectivity index is 1.75. The number of benzene rings is 1. The van der Waals surface area contributed by atoms with Crippen molar-refractivity contribution < 1.29 is 13.2 Å². The zero-order valence-electron chi connectivity index (χ0n) is 16.0. The van der Waals surface area contributed by atoms with Gasteiger partial charge in [0.1, 0.15) is 10.3 Å². The van der Waals surface area contributed by atoms with E-state index < -0.39 is 22.0 Å². The van der Waals surface area contributed by atoms with Gasteiger partial charge in [0.25, 0.3) is 15.9 Å². The van der Waals surface area contributed by atoms with Crippen LogP contribution >= 0.6 is 34.3 Å². The molecule has 1 aliphatic rings. The highest BCUT2D eigenvalue weighted by atomic mass is 35.5. The van der Waals surface area contributed by atoms with Crippen LogP contribution in [-0.2, 0) is 21.4 Å². The fourth-order valence-corrected chi connectivity index (χ4v) is 7.66. The zero-order chi connectivity index (χ0) is 21.3. The van der Waals surface area contributed by atoms with Crippen molar-refractivity contribution in [3.05, 3.63) is 58.2 Å². The first kappa shape index (κ1) is 21.5. The number of amides is 1. The van der Waals surface area contributed by atoms with Crippen LogP contribution in [0.4, 0.5) is 0 Å². The lowest BCUT2D eigenvalue weighted by atomic mass is 10.0. The number of hydrogen-bond donors (Lipinski definition) is 0. The summed E-state index contributed by atoms with van der Waals surface area (Å²) >= 11 is 8.62. The maximum atomic E-state index is 13.2. The van der Waals surface area contributed by atoms with Crippen molar-refractivity contribution in [2.75, 3.05) is 6.54 Å². The molecule has 0 saturated carbocycles. The molecule has 30 heavy (non-hydrogen) atoms. The summed E-state index contributed by atoms with van der Waals surface area (Å²) in [5.41, 5.74) is 0.905. The first-order valence-electron chi connectivity index (χ1n) is 9.45. The Bertz CT molecular complexity index is 1260. The van der Waals surface area contributed by atoms with E-state index in [9.17, 15) is 13.2 Å². The number of piperidine rings is 1. The average Bonchev–Trinajstić information content (AvgIpc) is 3.37. The highest BCUT2D eigenvalue weighted by molar-refractivity contribution is 7.91. The lowest BCUT2D eigenvalue weighted by Gasteiger charge is -2.31. The molecule has 1 amide bonds. The Hall–Kier alpha value is -1.78. The van der Waals surface area contributed by atoms with Crippen LogP contribution in [0.15, 0.2) is 57.6 Å². The van der Waals surface area contributed by atoms with Gasteiger partial charge < -0.3 is 4.57 Å². The number of aromatic nitrogens is 1. The van der Waals surface area contributed by atoms with Crippen LogP contribution in [0, 0.1) is 0 Å². The van der Waals surface area contributed by atoms with Gasteiger partial charge in [-0.25, -0.2) is 8.42 Å². The van der Waals surface area contributed by atoms with E-state index in [1.165, 1.54) is 15.6 Å².